The molecule has 0 radical (unpaired) electrons. The summed E-state index contributed by atoms with van der Waals surface area (Å²) >= 11 is 0. The van der Waals surface area contributed by atoms with Crippen molar-refractivity contribution in [2.75, 3.05) is 32.9 Å². The fourth-order valence-electron chi connectivity index (χ4n) is 4.68. The molecule has 1 aromatic carbocycles. The van der Waals surface area contributed by atoms with E-state index in [1.807, 2.05) is 37.8 Å². The highest BCUT2D eigenvalue weighted by atomic mass is 16.5. The van der Waals surface area contributed by atoms with E-state index in [0.29, 0.717) is 48.0 Å². The summed E-state index contributed by atoms with van der Waals surface area (Å²) in [6.45, 7) is 9.02. The number of piperidine rings is 1. The molecule has 0 unspecified atom stereocenters. The van der Waals surface area contributed by atoms with Gasteiger partial charge in [-0.05, 0) is 64.0 Å². The minimum atomic E-state index is 0.0654. The van der Waals surface area contributed by atoms with Crippen LogP contribution in [0.3, 0.4) is 0 Å². The molecule has 0 N–H and O–H groups in total. The molecule has 0 aromatic heterocycles. The van der Waals surface area contributed by atoms with Crippen LogP contribution < -0.4 is 14.2 Å². The molecular weight excluding hydrogens is 354 g/mol. The van der Waals surface area contributed by atoms with Crippen molar-refractivity contribution < 1.29 is 19.0 Å². The van der Waals surface area contributed by atoms with E-state index in [1.54, 1.807) is 0 Å². The van der Waals surface area contributed by atoms with Crippen molar-refractivity contribution in [3.8, 4) is 17.2 Å². The number of nitrogens with zero attached hydrogens (tertiary/aromatic N) is 1. The number of hydrogen-bond donors (Lipinski definition) is 0. The van der Waals surface area contributed by atoms with Gasteiger partial charge in [0.2, 0.25) is 5.75 Å². The molecule has 5 nitrogen and oxygen atoms in total. The van der Waals surface area contributed by atoms with Crippen LogP contribution in [0.4, 0.5) is 0 Å². The van der Waals surface area contributed by atoms with Crippen molar-refractivity contribution in [1.82, 2.24) is 4.90 Å². The summed E-state index contributed by atoms with van der Waals surface area (Å²) in [5.41, 5.74) is 1.11. The number of ether oxygens (including phenoxy) is 3. The highest BCUT2D eigenvalue weighted by Crippen LogP contribution is 2.45. The molecule has 1 aromatic rings. The van der Waals surface area contributed by atoms with E-state index in [-0.39, 0.29) is 5.91 Å². The Morgan fingerprint density at radius 2 is 1.39 bits per heavy atom. The van der Waals surface area contributed by atoms with Crippen molar-refractivity contribution in [2.45, 2.75) is 65.7 Å². The van der Waals surface area contributed by atoms with Crippen LogP contribution in [-0.2, 0) is 0 Å². The summed E-state index contributed by atoms with van der Waals surface area (Å²) in [5, 5.41) is 0. The molecular formula is C23H35NO4. The first-order valence-corrected chi connectivity index (χ1v) is 11.0. The van der Waals surface area contributed by atoms with Gasteiger partial charge in [-0.3, -0.25) is 4.79 Å². The number of carbonyl (C=O) groups is 1. The summed E-state index contributed by atoms with van der Waals surface area (Å²) < 4.78 is 17.3. The number of hydrogen-bond acceptors (Lipinski definition) is 4. The summed E-state index contributed by atoms with van der Waals surface area (Å²) in [7, 11) is 0. The van der Waals surface area contributed by atoms with E-state index in [4.69, 9.17) is 14.2 Å². The van der Waals surface area contributed by atoms with Crippen LogP contribution in [-0.4, -0.2) is 43.7 Å². The molecule has 1 aliphatic heterocycles. The molecule has 1 saturated carbocycles. The maximum atomic E-state index is 13.2. The largest absolute Gasteiger partial charge is 0.490 e. The van der Waals surface area contributed by atoms with E-state index in [2.05, 4.69) is 0 Å². The number of rotatable bonds is 7. The second-order valence-electron chi connectivity index (χ2n) is 7.95. The van der Waals surface area contributed by atoms with Crippen LogP contribution in [0, 0.1) is 5.41 Å². The molecule has 2 fully saturated rings. The zero-order chi connectivity index (χ0) is 20.0. The molecule has 1 saturated heterocycles. The predicted molar refractivity (Wildman–Crippen MR) is 111 cm³/mol. The smallest absolute Gasteiger partial charge is 0.254 e. The first kappa shape index (κ1) is 20.8. The minimum absolute atomic E-state index is 0.0654. The van der Waals surface area contributed by atoms with E-state index >= 15 is 0 Å². The third kappa shape index (κ3) is 4.56. The van der Waals surface area contributed by atoms with Crippen LogP contribution in [0.5, 0.6) is 17.2 Å². The van der Waals surface area contributed by atoms with Gasteiger partial charge in [0.15, 0.2) is 11.5 Å². The standard InChI is InChI=1S/C23H35NO4/c1-4-26-19-16-18(17-20(27-5-2)21(19)28-6-3)22(25)24-14-12-23(13-15-24)10-8-7-9-11-23/h16-17H,4-15H2,1-3H3. The third-order valence-electron chi connectivity index (χ3n) is 6.18. The first-order valence-electron chi connectivity index (χ1n) is 11.0. The number of benzene rings is 1. The monoisotopic (exact) mass is 389 g/mol. The molecule has 1 amide bonds. The Balaban J connectivity index is 1.79. The van der Waals surface area contributed by atoms with Crippen LogP contribution in [0.25, 0.3) is 0 Å². The third-order valence-corrected chi connectivity index (χ3v) is 6.18. The lowest BCUT2D eigenvalue weighted by atomic mass is 9.68. The van der Waals surface area contributed by atoms with Crippen molar-refractivity contribution in [3.63, 3.8) is 0 Å². The lowest BCUT2D eigenvalue weighted by Gasteiger charge is -2.44. The van der Waals surface area contributed by atoms with Gasteiger partial charge in [0.25, 0.3) is 5.91 Å². The van der Waals surface area contributed by atoms with Crippen molar-refractivity contribution in [1.29, 1.82) is 0 Å². The summed E-state index contributed by atoms with van der Waals surface area (Å²) in [6.07, 6.45) is 9.00. The Labute approximate surface area is 169 Å². The van der Waals surface area contributed by atoms with Gasteiger partial charge in [0.05, 0.1) is 19.8 Å². The maximum absolute atomic E-state index is 13.2. The zero-order valence-corrected chi connectivity index (χ0v) is 17.7. The van der Waals surface area contributed by atoms with Gasteiger partial charge in [-0.1, -0.05) is 19.3 Å². The highest BCUT2D eigenvalue weighted by molar-refractivity contribution is 5.95. The molecule has 1 spiro atoms. The predicted octanol–water partition coefficient (Wildman–Crippen LogP) is 5.07. The molecule has 0 atom stereocenters. The van der Waals surface area contributed by atoms with Gasteiger partial charge in [0.1, 0.15) is 0 Å². The second-order valence-corrected chi connectivity index (χ2v) is 7.95. The van der Waals surface area contributed by atoms with Crippen LogP contribution >= 0.6 is 0 Å². The molecule has 3 rings (SSSR count). The summed E-state index contributed by atoms with van der Waals surface area (Å²) in [5.74, 6) is 1.82. The molecule has 1 aliphatic carbocycles. The molecule has 28 heavy (non-hydrogen) atoms. The average Bonchev–Trinajstić information content (AvgIpc) is 2.71. The maximum Gasteiger partial charge on any atom is 0.254 e. The Kier molecular flexibility index (Phi) is 7.08. The minimum Gasteiger partial charge on any atom is -0.490 e. The lowest BCUT2D eigenvalue weighted by molar-refractivity contribution is 0.0471. The molecule has 5 heteroatoms. The van der Waals surface area contributed by atoms with E-state index in [1.165, 1.54) is 32.1 Å². The van der Waals surface area contributed by atoms with Gasteiger partial charge in [-0.15, -0.1) is 0 Å². The Bertz CT molecular complexity index is 630. The molecule has 2 aliphatic rings. The van der Waals surface area contributed by atoms with Crippen LogP contribution in [0.2, 0.25) is 0 Å². The molecule has 156 valence electrons. The Morgan fingerprint density at radius 1 is 0.857 bits per heavy atom. The quantitative estimate of drug-likeness (QED) is 0.653. The number of carbonyl (C=O) groups excluding carboxylic acids is 1. The summed E-state index contributed by atoms with van der Waals surface area (Å²) in [4.78, 5) is 15.2. The molecule has 1 heterocycles. The highest BCUT2D eigenvalue weighted by Gasteiger charge is 2.37. The van der Waals surface area contributed by atoms with Gasteiger partial charge in [-0.25, -0.2) is 0 Å². The average molecular weight is 390 g/mol. The molecule has 0 bridgehead atoms. The number of likely N-dealkylation sites (tertiary alicyclic amines) is 1. The zero-order valence-electron chi connectivity index (χ0n) is 17.7. The van der Waals surface area contributed by atoms with E-state index in [0.717, 1.165) is 25.9 Å². The van der Waals surface area contributed by atoms with Crippen molar-refractivity contribution in [2.24, 2.45) is 5.41 Å². The van der Waals surface area contributed by atoms with Gasteiger partial charge in [-0.2, -0.15) is 0 Å². The topological polar surface area (TPSA) is 48.0 Å². The lowest BCUT2D eigenvalue weighted by Crippen LogP contribution is -2.43. The normalized spacial score (nSPS) is 18.8. The fraction of sp³-hybridized carbons (Fsp3) is 0.696. The SMILES string of the molecule is CCOc1cc(C(=O)N2CCC3(CCCCC3)CC2)cc(OCC)c1OCC. The second kappa shape index (κ2) is 9.53. The number of amides is 1. The summed E-state index contributed by atoms with van der Waals surface area (Å²) in [6, 6.07) is 3.62. The van der Waals surface area contributed by atoms with Crippen LogP contribution in [0.15, 0.2) is 12.1 Å². The Morgan fingerprint density at radius 3 is 1.89 bits per heavy atom. The van der Waals surface area contributed by atoms with E-state index < -0.39 is 0 Å². The van der Waals surface area contributed by atoms with Crippen molar-refractivity contribution in [3.05, 3.63) is 17.7 Å². The van der Waals surface area contributed by atoms with Crippen molar-refractivity contribution >= 4 is 5.91 Å². The Hall–Kier alpha value is -1.91. The first-order chi connectivity index (χ1) is 13.6. The van der Waals surface area contributed by atoms with E-state index in [9.17, 15) is 4.79 Å². The fourth-order valence-corrected chi connectivity index (χ4v) is 4.68. The van der Waals surface area contributed by atoms with Gasteiger partial charge in [0, 0.05) is 18.7 Å². The van der Waals surface area contributed by atoms with Gasteiger partial charge < -0.3 is 19.1 Å². The van der Waals surface area contributed by atoms with Crippen LogP contribution in [0.1, 0.15) is 76.1 Å². The van der Waals surface area contributed by atoms with Gasteiger partial charge >= 0.3 is 0 Å².